The molecule has 0 unspecified atom stereocenters. The van der Waals surface area contributed by atoms with Crippen LogP contribution in [0.25, 0.3) is 0 Å². The minimum absolute atomic E-state index is 0.430. The molecule has 6 heteroatoms. The molecule has 0 aliphatic rings. The standard InChI is InChI=1S/C5H4Cl2O4/c6-1-2(4(8)9)3(7)5(10)11/h1H2,(H,8,9)(H,10,11)/b3-2-. The van der Waals surface area contributed by atoms with Crippen LogP contribution >= 0.6 is 23.2 Å². The number of halogens is 2. The first kappa shape index (κ1) is 10.3. The Labute approximate surface area is 72.0 Å². The zero-order chi connectivity index (χ0) is 9.02. The zero-order valence-corrected chi connectivity index (χ0v) is 6.69. The van der Waals surface area contributed by atoms with Crippen molar-refractivity contribution < 1.29 is 19.8 Å². The van der Waals surface area contributed by atoms with Gasteiger partial charge in [-0.3, -0.25) is 0 Å². The van der Waals surface area contributed by atoms with E-state index in [9.17, 15) is 9.59 Å². The molecule has 0 aliphatic carbocycles. The van der Waals surface area contributed by atoms with Gasteiger partial charge in [-0.15, -0.1) is 11.6 Å². The lowest BCUT2D eigenvalue weighted by Gasteiger charge is -1.96. The highest BCUT2D eigenvalue weighted by atomic mass is 35.5. The predicted octanol–water partition coefficient (Wildman–Crippen LogP) is 0.887. The molecule has 0 amide bonds. The normalized spacial score (nSPS) is 12.2. The lowest BCUT2D eigenvalue weighted by atomic mass is 10.3. The molecule has 62 valence electrons. The second kappa shape index (κ2) is 4.20. The van der Waals surface area contributed by atoms with Crippen molar-refractivity contribution in [3.63, 3.8) is 0 Å². The molecule has 0 bridgehead atoms. The van der Waals surface area contributed by atoms with Crippen molar-refractivity contribution in [1.82, 2.24) is 0 Å². The number of alkyl halides is 1. The molecule has 0 spiro atoms. The minimum atomic E-state index is -1.50. The Morgan fingerprint density at radius 1 is 1.18 bits per heavy atom. The van der Waals surface area contributed by atoms with Crippen LogP contribution in [0.1, 0.15) is 0 Å². The van der Waals surface area contributed by atoms with Crippen LogP contribution in [0.5, 0.6) is 0 Å². The van der Waals surface area contributed by atoms with E-state index in [4.69, 9.17) is 33.4 Å². The van der Waals surface area contributed by atoms with Crippen LogP contribution in [0.15, 0.2) is 10.6 Å². The van der Waals surface area contributed by atoms with Crippen molar-refractivity contribution in [1.29, 1.82) is 0 Å². The number of hydrogen-bond acceptors (Lipinski definition) is 2. The third-order valence-corrected chi connectivity index (χ3v) is 1.50. The molecule has 11 heavy (non-hydrogen) atoms. The third kappa shape index (κ3) is 2.78. The second-order valence-corrected chi connectivity index (χ2v) is 2.18. The van der Waals surface area contributed by atoms with Gasteiger partial charge in [0.25, 0.3) is 0 Å². The first-order valence-corrected chi connectivity index (χ1v) is 3.33. The van der Waals surface area contributed by atoms with Gasteiger partial charge in [0, 0.05) is 0 Å². The summed E-state index contributed by atoms with van der Waals surface area (Å²) in [6.45, 7) is 0. The summed E-state index contributed by atoms with van der Waals surface area (Å²) >= 11 is 10.2. The van der Waals surface area contributed by atoms with Gasteiger partial charge in [-0.05, 0) is 0 Å². The van der Waals surface area contributed by atoms with Gasteiger partial charge < -0.3 is 10.2 Å². The third-order valence-electron chi connectivity index (χ3n) is 0.845. The average Bonchev–Trinajstić information content (AvgIpc) is 1.88. The maximum atomic E-state index is 10.2. The van der Waals surface area contributed by atoms with Crippen molar-refractivity contribution in [2.45, 2.75) is 0 Å². The highest BCUT2D eigenvalue weighted by Crippen LogP contribution is 2.11. The molecule has 0 saturated carbocycles. The highest BCUT2D eigenvalue weighted by Gasteiger charge is 2.16. The van der Waals surface area contributed by atoms with E-state index in [-0.39, 0.29) is 0 Å². The van der Waals surface area contributed by atoms with Gasteiger partial charge in [0.1, 0.15) is 5.03 Å². The van der Waals surface area contributed by atoms with Crippen LogP contribution in [0, 0.1) is 0 Å². The van der Waals surface area contributed by atoms with Crippen molar-refractivity contribution in [2.24, 2.45) is 0 Å². The van der Waals surface area contributed by atoms with Crippen LogP contribution in [0.2, 0.25) is 0 Å². The number of hydrogen-bond donors (Lipinski definition) is 2. The van der Waals surface area contributed by atoms with E-state index in [2.05, 4.69) is 0 Å². The maximum absolute atomic E-state index is 10.2. The fraction of sp³-hybridized carbons (Fsp3) is 0.200. The van der Waals surface area contributed by atoms with Crippen LogP contribution in [0.4, 0.5) is 0 Å². The van der Waals surface area contributed by atoms with E-state index < -0.39 is 28.4 Å². The van der Waals surface area contributed by atoms with Crippen molar-refractivity contribution in [3.05, 3.63) is 10.6 Å². The number of carboxylic acids is 2. The Balaban J connectivity index is 4.83. The van der Waals surface area contributed by atoms with Crippen LogP contribution in [-0.2, 0) is 9.59 Å². The SMILES string of the molecule is O=C(O)/C(Cl)=C(\CCl)C(=O)O. The summed E-state index contributed by atoms with van der Waals surface area (Å²) in [5.41, 5.74) is -0.513. The molecule has 0 fully saturated rings. The molecule has 0 aromatic rings. The van der Waals surface area contributed by atoms with Gasteiger partial charge in [-0.25, -0.2) is 9.59 Å². The highest BCUT2D eigenvalue weighted by molar-refractivity contribution is 6.43. The van der Waals surface area contributed by atoms with E-state index in [0.29, 0.717) is 0 Å². The molecule has 0 aromatic heterocycles. The Bertz CT molecular complexity index is 221. The fourth-order valence-electron chi connectivity index (χ4n) is 0.339. The molecular weight excluding hydrogens is 195 g/mol. The van der Waals surface area contributed by atoms with E-state index >= 15 is 0 Å². The van der Waals surface area contributed by atoms with Crippen LogP contribution in [0.3, 0.4) is 0 Å². The van der Waals surface area contributed by atoms with Crippen molar-refractivity contribution in [3.8, 4) is 0 Å². The summed E-state index contributed by atoms with van der Waals surface area (Å²) in [4.78, 5) is 20.3. The summed E-state index contributed by atoms with van der Waals surface area (Å²) < 4.78 is 0. The topological polar surface area (TPSA) is 74.6 Å². The summed E-state index contributed by atoms with van der Waals surface area (Å²) in [6, 6.07) is 0. The number of rotatable bonds is 3. The van der Waals surface area contributed by atoms with E-state index in [1.807, 2.05) is 0 Å². The van der Waals surface area contributed by atoms with Gasteiger partial charge in [0.05, 0.1) is 11.5 Å². The molecule has 0 saturated heterocycles. The first-order chi connectivity index (χ1) is 5.00. The monoisotopic (exact) mass is 198 g/mol. The van der Waals surface area contributed by atoms with Crippen molar-refractivity contribution >= 4 is 35.1 Å². The van der Waals surface area contributed by atoms with Gasteiger partial charge >= 0.3 is 11.9 Å². The van der Waals surface area contributed by atoms with Crippen LogP contribution in [-0.4, -0.2) is 28.0 Å². The van der Waals surface area contributed by atoms with Gasteiger partial charge in [-0.1, -0.05) is 11.6 Å². The molecule has 0 atom stereocenters. The Hall–Kier alpha value is -0.740. The number of carbonyl (C=O) groups is 2. The van der Waals surface area contributed by atoms with E-state index in [1.54, 1.807) is 0 Å². The maximum Gasteiger partial charge on any atom is 0.347 e. The molecule has 0 rings (SSSR count). The predicted molar refractivity (Wildman–Crippen MR) is 38.9 cm³/mol. The van der Waals surface area contributed by atoms with E-state index in [0.717, 1.165) is 0 Å². The summed E-state index contributed by atoms with van der Waals surface area (Å²) in [5, 5.41) is 15.8. The molecular formula is C5H4Cl2O4. The number of carboxylic acid groups (broad SMARTS) is 2. The fourth-order valence-corrected chi connectivity index (χ4v) is 0.803. The first-order valence-electron chi connectivity index (χ1n) is 2.42. The summed E-state index contributed by atoms with van der Waals surface area (Å²) in [5.74, 6) is -3.35. The molecule has 4 nitrogen and oxygen atoms in total. The molecule has 0 radical (unpaired) electrons. The molecule has 2 N–H and O–H groups in total. The van der Waals surface area contributed by atoms with Gasteiger partial charge in [0.2, 0.25) is 0 Å². The summed E-state index contributed by atoms with van der Waals surface area (Å²) in [6.07, 6.45) is 0. The summed E-state index contributed by atoms with van der Waals surface area (Å²) in [7, 11) is 0. The Kier molecular flexibility index (Phi) is 3.92. The lowest BCUT2D eigenvalue weighted by Crippen LogP contribution is -2.08. The largest absolute Gasteiger partial charge is 0.478 e. The smallest absolute Gasteiger partial charge is 0.347 e. The lowest BCUT2D eigenvalue weighted by molar-refractivity contribution is -0.135. The quantitative estimate of drug-likeness (QED) is 0.522. The zero-order valence-electron chi connectivity index (χ0n) is 5.17. The van der Waals surface area contributed by atoms with E-state index in [1.165, 1.54) is 0 Å². The number of aliphatic carboxylic acids is 2. The van der Waals surface area contributed by atoms with Crippen molar-refractivity contribution in [2.75, 3.05) is 5.88 Å². The second-order valence-electron chi connectivity index (χ2n) is 1.54. The molecule has 0 heterocycles. The minimum Gasteiger partial charge on any atom is -0.478 e. The van der Waals surface area contributed by atoms with Gasteiger partial charge in [0.15, 0.2) is 0 Å². The van der Waals surface area contributed by atoms with Gasteiger partial charge in [-0.2, -0.15) is 0 Å². The van der Waals surface area contributed by atoms with Crippen LogP contribution < -0.4 is 0 Å². The Morgan fingerprint density at radius 3 is 1.73 bits per heavy atom. The average molecular weight is 199 g/mol. The Morgan fingerprint density at radius 2 is 1.64 bits per heavy atom. The molecule has 0 aromatic carbocycles. The molecule has 0 aliphatic heterocycles.